The smallest absolute Gasteiger partial charge is 0.162 e. The number of nitrogens with zero attached hydrogens (tertiary/aromatic N) is 1. The number of morpholine rings is 1. The quantitative estimate of drug-likeness (QED) is 0.827. The highest BCUT2D eigenvalue weighted by atomic mass is 79.9. The Morgan fingerprint density at radius 2 is 1.70 bits per heavy atom. The maximum Gasteiger partial charge on any atom is 0.162 e. The summed E-state index contributed by atoms with van der Waals surface area (Å²) in [4.78, 5) is 2.43. The number of fused-ring (bicyclic) bond motifs is 1. The van der Waals surface area contributed by atoms with Gasteiger partial charge in [-0.1, -0.05) is 15.9 Å². The first-order valence-corrected chi connectivity index (χ1v) is 7.87. The second-order valence-corrected chi connectivity index (χ2v) is 6.39. The van der Waals surface area contributed by atoms with Gasteiger partial charge in [0.25, 0.3) is 0 Å². The van der Waals surface area contributed by atoms with Crippen LogP contribution in [0.4, 0.5) is 0 Å². The molecule has 0 radical (unpaired) electrons. The fourth-order valence-electron chi connectivity index (χ4n) is 2.88. The third-order valence-electron chi connectivity index (χ3n) is 3.60. The standard InChI is InChI=1S/C15H20BrNO3/c1-10-7-17(8-11(2)20-10)9-12-5-14-15(6-13(12)16)19-4-3-18-14/h5-6,10-11H,3-4,7-9H2,1-2H3/t10-,11-/m0/s1. The van der Waals surface area contributed by atoms with Crippen molar-refractivity contribution >= 4 is 15.9 Å². The van der Waals surface area contributed by atoms with Crippen LogP contribution >= 0.6 is 15.9 Å². The number of halogens is 1. The lowest BCUT2D eigenvalue weighted by Gasteiger charge is -2.35. The zero-order chi connectivity index (χ0) is 14.1. The molecule has 1 aromatic carbocycles. The van der Waals surface area contributed by atoms with E-state index in [2.05, 4.69) is 40.7 Å². The highest BCUT2D eigenvalue weighted by molar-refractivity contribution is 9.10. The van der Waals surface area contributed by atoms with Crippen LogP contribution < -0.4 is 9.47 Å². The predicted octanol–water partition coefficient (Wildman–Crippen LogP) is 2.83. The average molecular weight is 342 g/mol. The molecule has 0 spiro atoms. The topological polar surface area (TPSA) is 30.9 Å². The van der Waals surface area contributed by atoms with E-state index in [0.29, 0.717) is 13.2 Å². The van der Waals surface area contributed by atoms with E-state index in [1.54, 1.807) is 0 Å². The largest absolute Gasteiger partial charge is 0.486 e. The van der Waals surface area contributed by atoms with Crippen molar-refractivity contribution < 1.29 is 14.2 Å². The zero-order valence-corrected chi connectivity index (χ0v) is 13.5. The summed E-state index contributed by atoms with van der Waals surface area (Å²) >= 11 is 3.64. The Hall–Kier alpha value is -0.780. The van der Waals surface area contributed by atoms with Crippen LogP contribution in [0.1, 0.15) is 19.4 Å². The van der Waals surface area contributed by atoms with Crippen molar-refractivity contribution in [1.29, 1.82) is 0 Å². The van der Waals surface area contributed by atoms with Crippen molar-refractivity contribution in [2.45, 2.75) is 32.6 Å². The van der Waals surface area contributed by atoms with Crippen molar-refractivity contribution in [3.05, 3.63) is 22.2 Å². The molecule has 2 heterocycles. The van der Waals surface area contributed by atoms with Gasteiger partial charge in [-0.2, -0.15) is 0 Å². The average Bonchev–Trinajstić information content (AvgIpc) is 2.38. The fraction of sp³-hybridized carbons (Fsp3) is 0.600. The monoisotopic (exact) mass is 341 g/mol. The van der Waals surface area contributed by atoms with Crippen LogP contribution in [0.15, 0.2) is 16.6 Å². The molecule has 0 aromatic heterocycles. The Morgan fingerprint density at radius 3 is 2.35 bits per heavy atom. The van der Waals surface area contributed by atoms with Crippen molar-refractivity contribution in [2.24, 2.45) is 0 Å². The molecule has 0 saturated carbocycles. The van der Waals surface area contributed by atoms with Gasteiger partial charge in [0.1, 0.15) is 13.2 Å². The highest BCUT2D eigenvalue weighted by Crippen LogP contribution is 2.36. The molecule has 1 aromatic rings. The maximum absolute atomic E-state index is 5.78. The van der Waals surface area contributed by atoms with E-state index in [-0.39, 0.29) is 12.2 Å². The number of hydrogen-bond donors (Lipinski definition) is 0. The maximum atomic E-state index is 5.78. The van der Waals surface area contributed by atoms with Gasteiger partial charge < -0.3 is 14.2 Å². The molecule has 4 nitrogen and oxygen atoms in total. The van der Waals surface area contributed by atoms with Crippen molar-refractivity contribution in [3.63, 3.8) is 0 Å². The van der Waals surface area contributed by atoms with Crippen LogP contribution in [-0.2, 0) is 11.3 Å². The molecule has 110 valence electrons. The predicted molar refractivity (Wildman–Crippen MR) is 80.4 cm³/mol. The summed E-state index contributed by atoms with van der Waals surface area (Å²) in [7, 11) is 0. The van der Waals surface area contributed by atoms with Crippen LogP contribution in [0.3, 0.4) is 0 Å². The van der Waals surface area contributed by atoms with Gasteiger partial charge in [0, 0.05) is 24.1 Å². The molecule has 5 heteroatoms. The molecule has 1 fully saturated rings. The first-order chi connectivity index (χ1) is 9.61. The van der Waals surface area contributed by atoms with Crippen LogP contribution in [0.2, 0.25) is 0 Å². The molecule has 0 aliphatic carbocycles. The van der Waals surface area contributed by atoms with E-state index in [1.165, 1.54) is 5.56 Å². The zero-order valence-electron chi connectivity index (χ0n) is 11.9. The van der Waals surface area contributed by atoms with E-state index in [0.717, 1.165) is 35.6 Å². The van der Waals surface area contributed by atoms with E-state index in [4.69, 9.17) is 14.2 Å². The SMILES string of the molecule is C[C@H]1CN(Cc2cc3c(cc2Br)OCCO3)C[C@H](C)O1. The molecular weight excluding hydrogens is 322 g/mol. The van der Waals surface area contributed by atoms with Crippen LogP contribution in [0.5, 0.6) is 11.5 Å². The van der Waals surface area contributed by atoms with Gasteiger partial charge in [-0.05, 0) is 31.5 Å². The molecule has 2 aliphatic rings. The van der Waals surface area contributed by atoms with E-state index < -0.39 is 0 Å². The lowest BCUT2D eigenvalue weighted by atomic mass is 10.1. The van der Waals surface area contributed by atoms with Crippen molar-refractivity contribution in [1.82, 2.24) is 4.90 Å². The highest BCUT2D eigenvalue weighted by Gasteiger charge is 2.23. The molecule has 0 amide bonds. The number of ether oxygens (including phenoxy) is 3. The molecule has 20 heavy (non-hydrogen) atoms. The van der Waals surface area contributed by atoms with Gasteiger partial charge in [0.15, 0.2) is 11.5 Å². The minimum atomic E-state index is 0.287. The molecule has 1 saturated heterocycles. The number of hydrogen-bond acceptors (Lipinski definition) is 4. The molecule has 2 aliphatic heterocycles. The Kier molecular flexibility index (Phi) is 4.19. The fourth-order valence-corrected chi connectivity index (χ4v) is 3.33. The summed E-state index contributed by atoms with van der Waals surface area (Å²) < 4.78 is 18.1. The van der Waals surface area contributed by atoms with Gasteiger partial charge in [0.2, 0.25) is 0 Å². The first kappa shape index (κ1) is 14.2. The van der Waals surface area contributed by atoms with Gasteiger partial charge in [-0.3, -0.25) is 4.90 Å². The van der Waals surface area contributed by atoms with E-state index in [1.807, 2.05) is 6.07 Å². The van der Waals surface area contributed by atoms with Crippen molar-refractivity contribution in [3.8, 4) is 11.5 Å². The van der Waals surface area contributed by atoms with Crippen LogP contribution in [0.25, 0.3) is 0 Å². The van der Waals surface area contributed by atoms with Gasteiger partial charge >= 0.3 is 0 Å². The Bertz CT molecular complexity index is 484. The third kappa shape index (κ3) is 3.10. The van der Waals surface area contributed by atoms with E-state index in [9.17, 15) is 0 Å². The molecule has 0 bridgehead atoms. The Labute approximate surface area is 128 Å². The summed E-state index contributed by atoms with van der Waals surface area (Å²) in [6.45, 7) is 8.33. The normalized spacial score (nSPS) is 26.6. The molecule has 3 rings (SSSR count). The second-order valence-electron chi connectivity index (χ2n) is 5.54. The van der Waals surface area contributed by atoms with Gasteiger partial charge in [-0.25, -0.2) is 0 Å². The van der Waals surface area contributed by atoms with Gasteiger partial charge in [0.05, 0.1) is 12.2 Å². The number of benzene rings is 1. The molecule has 0 unspecified atom stereocenters. The number of rotatable bonds is 2. The Balaban J connectivity index is 1.76. The lowest BCUT2D eigenvalue weighted by molar-refractivity contribution is -0.0705. The van der Waals surface area contributed by atoms with Crippen LogP contribution in [0, 0.1) is 0 Å². The lowest BCUT2D eigenvalue weighted by Crippen LogP contribution is -2.44. The molecule has 2 atom stereocenters. The first-order valence-electron chi connectivity index (χ1n) is 7.07. The minimum Gasteiger partial charge on any atom is -0.486 e. The molecule has 0 N–H and O–H groups in total. The van der Waals surface area contributed by atoms with E-state index >= 15 is 0 Å². The third-order valence-corrected chi connectivity index (χ3v) is 4.34. The second kappa shape index (κ2) is 5.92. The summed E-state index contributed by atoms with van der Waals surface area (Å²) in [5.74, 6) is 1.68. The minimum absolute atomic E-state index is 0.287. The Morgan fingerprint density at radius 1 is 1.10 bits per heavy atom. The summed E-state index contributed by atoms with van der Waals surface area (Å²) in [6.07, 6.45) is 0.574. The molecular formula is C15H20BrNO3. The summed E-state index contributed by atoms with van der Waals surface area (Å²) in [6, 6.07) is 4.10. The summed E-state index contributed by atoms with van der Waals surface area (Å²) in [5.41, 5.74) is 1.23. The van der Waals surface area contributed by atoms with Gasteiger partial charge in [-0.15, -0.1) is 0 Å². The summed E-state index contributed by atoms with van der Waals surface area (Å²) in [5, 5.41) is 0. The van der Waals surface area contributed by atoms with Crippen LogP contribution in [-0.4, -0.2) is 43.4 Å². The van der Waals surface area contributed by atoms with Crippen molar-refractivity contribution in [2.75, 3.05) is 26.3 Å².